The summed E-state index contributed by atoms with van der Waals surface area (Å²) in [7, 11) is 0. The lowest BCUT2D eigenvalue weighted by Gasteiger charge is -2.10. The van der Waals surface area contributed by atoms with Crippen molar-refractivity contribution in [3.8, 4) is 0 Å². The number of nitrogens with one attached hydrogen (secondary N) is 2. The Balaban J connectivity index is 1.79. The van der Waals surface area contributed by atoms with E-state index in [1.807, 2.05) is 0 Å². The van der Waals surface area contributed by atoms with Gasteiger partial charge >= 0.3 is 0 Å². The Labute approximate surface area is 79.4 Å². The Bertz CT molecular complexity index is 240. The van der Waals surface area contributed by atoms with E-state index < -0.39 is 0 Å². The van der Waals surface area contributed by atoms with Crippen molar-refractivity contribution in [1.29, 1.82) is 0 Å². The van der Waals surface area contributed by atoms with Crippen molar-refractivity contribution in [3.63, 3.8) is 0 Å². The summed E-state index contributed by atoms with van der Waals surface area (Å²) in [5.74, 6) is 0. The zero-order chi connectivity index (χ0) is 8.93. The molecule has 0 saturated carbocycles. The van der Waals surface area contributed by atoms with Gasteiger partial charge in [0.1, 0.15) is 0 Å². The number of hydrogen-bond donors (Lipinski definition) is 2. The fourth-order valence-electron chi connectivity index (χ4n) is 1.69. The topological polar surface area (TPSA) is 24.1 Å². The summed E-state index contributed by atoms with van der Waals surface area (Å²) in [6.07, 6.45) is 1.26. The second-order valence-corrected chi connectivity index (χ2v) is 3.56. The normalized spacial score (nSPS) is 22.0. The molecule has 0 amide bonds. The maximum absolute atomic E-state index is 3.54. The van der Waals surface area contributed by atoms with Crippen molar-refractivity contribution in [2.24, 2.45) is 0 Å². The summed E-state index contributed by atoms with van der Waals surface area (Å²) in [4.78, 5) is 0. The van der Waals surface area contributed by atoms with Crippen molar-refractivity contribution < 1.29 is 0 Å². The molecule has 2 rings (SSSR count). The summed E-state index contributed by atoms with van der Waals surface area (Å²) < 4.78 is 0. The molecule has 0 bridgehead atoms. The molecule has 13 heavy (non-hydrogen) atoms. The van der Waals surface area contributed by atoms with Crippen LogP contribution in [0.4, 0.5) is 0 Å². The highest BCUT2D eigenvalue weighted by Crippen LogP contribution is 2.01. The monoisotopic (exact) mass is 176 g/mol. The van der Waals surface area contributed by atoms with Gasteiger partial charge < -0.3 is 10.6 Å². The van der Waals surface area contributed by atoms with Crippen molar-refractivity contribution in [2.75, 3.05) is 13.1 Å². The van der Waals surface area contributed by atoms with Crippen molar-refractivity contribution in [2.45, 2.75) is 19.0 Å². The van der Waals surface area contributed by atoms with Crippen LogP contribution in [-0.2, 0) is 6.54 Å². The van der Waals surface area contributed by atoms with E-state index in [2.05, 4.69) is 41.0 Å². The average Bonchev–Trinajstić information content (AvgIpc) is 2.69. The average molecular weight is 176 g/mol. The first-order valence-corrected chi connectivity index (χ1v) is 4.93. The number of rotatable bonds is 3. The van der Waals surface area contributed by atoms with Crippen molar-refractivity contribution in [3.05, 3.63) is 35.9 Å². The molecular weight excluding hydrogens is 160 g/mol. The van der Waals surface area contributed by atoms with E-state index >= 15 is 0 Å². The van der Waals surface area contributed by atoms with Crippen molar-refractivity contribution >= 4 is 0 Å². The van der Waals surface area contributed by atoms with Gasteiger partial charge in [-0.25, -0.2) is 0 Å². The van der Waals surface area contributed by atoms with E-state index in [1.54, 1.807) is 0 Å². The third kappa shape index (κ3) is 2.54. The molecule has 1 aromatic carbocycles. The Hall–Kier alpha value is -0.860. The van der Waals surface area contributed by atoms with E-state index in [0.29, 0.717) is 6.04 Å². The van der Waals surface area contributed by atoms with E-state index in [4.69, 9.17) is 0 Å². The third-order valence-corrected chi connectivity index (χ3v) is 2.50. The molecule has 2 nitrogen and oxygen atoms in total. The molecule has 1 saturated heterocycles. The van der Waals surface area contributed by atoms with Gasteiger partial charge in [0.15, 0.2) is 0 Å². The van der Waals surface area contributed by atoms with Gasteiger partial charge in [0.05, 0.1) is 0 Å². The Morgan fingerprint density at radius 2 is 2.15 bits per heavy atom. The van der Waals surface area contributed by atoms with Gasteiger partial charge in [0.2, 0.25) is 0 Å². The van der Waals surface area contributed by atoms with Gasteiger partial charge in [-0.15, -0.1) is 0 Å². The first-order chi connectivity index (χ1) is 6.45. The zero-order valence-corrected chi connectivity index (χ0v) is 7.79. The lowest BCUT2D eigenvalue weighted by atomic mass is 10.2. The number of hydrogen-bond acceptors (Lipinski definition) is 2. The van der Waals surface area contributed by atoms with Crippen LogP contribution >= 0.6 is 0 Å². The quantitative estimate of drug-likeness (QED) is 0.721. The Kier molecular flexibility index (Phi) is 2.95. The molecule has 0 unspecified atom stereocenters. The largest absolute Gasteiger partial charge is 0.315 e. The Morgan fingerprint density at radius 1 is 1.31 bits per heavy atom. The maximum Gasteiger partial charge on any atom is 0.0208 e. The van der Waals surface area contributed by atoms with E-state index in [-0.39, 0.29) is 0 Å². The van der Waals surface area contributed by atoms with Crippen molar-refractivity contribution in [1.82, 2.24) is 10.6 Å². The fraction of sp³-hybridized carbons (Fsp3) is 0.455. The molecule has 2 heteroatoms. The van der Waals surface area contributed by atoms with Crippen LogP contribution in [0.3, 0.4) is 0 Å². The van der Waals surface area contributed by atoms with Crippen LogP contribution in [0.15, 0.2) is 30.3 Å². The first-order valence-electron chi connectivity index (χ1n) is 4.93. The minimum absolute atomic E-state index is 0.667. The van der Waals surface area contributed by atoms with Crippen LogP contribution in [-0.4, -0.2) is 19.1 Å². The second kappa shape index (κ2) is 4.40. The fourth-order valence-corrected chi connectivity index (χ4v) is 1.69. The molecule has 0 radical (unpaired) electrons. The van der Waals surface area contributed by atoms with Crippen LogP contribution in [0.5, 0.6) is 0 Å². The molecule has 0 aliphatic carbocycles. The van der Waals surface area contributed by atoms with Crippen LogP contribution in [0.2, 0.25) is 0 Å². The zero-order valence-electron chi connectivity index (χ0n) is 7.79. The summed E-state index contributed by atoms with van der Waals surface area (Å²) in [6.45, 7) is 3.27. The molecule has 0 spiro atoms. The molecule has 70 valence electrons. The van der Waals surface area contributed by atoms with Crippen LogP contribution in [0.1, 0.15) is 12.0 Å². The molecule has 1 aliphatic heterocycles. The highest BCUT2D eigenvalue weighted by atomic mass is 15.0. The molecule has 1 aromatic rings. The van der Waals surface area contributed by atoms with Crippen LogP contribution < -0.4 is 10.6 Å². The van der Waals surface area contributed by atoms with Gasteiger partial charge in [-0.2, -0.15) is 0 Å². The molecular formula is C11H16N2. The van der Waals surface area contributed by atoms with E-state index in [9.17, 15) is 0 Å². The Morgan fingerprint density at radius 3 is 2.85 bits per heavy atom. The minimum Gasteiger partial charge on any atom is -0.315 e. The third-order valence-electron chi connectivity index (χ3n) is 2.50. The SMILES string of the molecule is c1ccc(CN[C@@H]2CCNC2)cc1. The molecule has 1 fully saturated rings. The minimum atomic E-state index is 0.667. The van der Waals surface area contributed by atoms with Crippen LogP contribution in [0.25, 0.3) is 0 Å². The summed E-state index contributed by atoms with van der Waals surface area (Å²) in [5, 5.41) is 6.88. The van der Waals surface area contributed by atoms with Gasteiger partial charge in [-0.05, 0) is 18.5 Å². The number of benzene rings is 1. The summed E-state index contributed by atoms with van der Waals surface area (Å²) in [6, 6.07) is 11.2. The summed E-state index contributed by atoms with van der Waals surface area (Å²) >= 11 is 0. The second-order valence-electron chi connectivity index (χ2n) is 3.56. The maximum atomic E-state index is 3.54. The van der Waals surface area contributed by atoms with E-state index in [1.165, 1.54) is 12.0 Å². The standard InChI is InChI=1S/C11H16N2/c1-2-4-10(5-3-1)8-13-11-6-7-12-9-11/h1-5,11-13H,6-9H2/t11-/m1/s1. The molecule has 1 aliphatic rings. The van der Waals surface area contributed by atoms with Gasteiger partial charge in [0, 0.05) is 19.1 Å². The lowest BCUT2D eigenvalue weighted by molar-refractivity contribution is 0.547. The molecule has 0 aromatic heterocycles. The lowest BCUT2D eigenvalue weighted by Crippen LogP contribution is -2.30. The first kappa shape index (κ1) is 8.73. The van der Waals surface area contributed by atoms with E-state index in [0.717, 1.165) is 19.6 Å². The molecule has 1 heterocycles. The van der Waals surface area contributed by atoms with Crippen LogP contribution in [0, 0.1) is 0 Å². The summed E-state index contributed by atoms with van der Waals surface area (Å²) in [5.41, 5.74) is 1.37. The highest BCUT2D eigenvalue weighted by Gasteiger charge is 2.12. The predicted octanol–water partition coefficient (Wildman–Crippen LogP) is 1.14. The molecule has 1 atom stereocenters. The van der Waals surface area contributed by atoms with Gasteiger partial charge in [-0.3, -0.25) is 0 Å². The molecule has 2 N–H and O–H groups in total. The highest BCUT2D eigenvalue weighted by molar-refractivity contribution is 5.14. The van der Waals surface area contributed by atoms with Gasteiger partial charge in [0.25, 0.3) is 0 Å². The van der Waals surface area contributed by atoms with Gasteiger partial charge in [-0.1, -0.05) is 30.3 Å². The smallest absolute Gasteiger partial charge is 0.0208 e. The predicted molar refractivity (Wildman–Crippen MR) is 54.6 cm³/mol.